The summed E-state index contributed by atoms with van der Waals surface area (Å²) >= 11 is 1.44. The van der Waals surface area contributed by atoms with E-state index in [0.717, 1.165) is 15.2 Å². The van der Waals surface area contributed by atoms with Crippen molar-refractivity contribution in [3.8, 4) is 0 Å². The molecule has 1 aromatic carbocycles. The lowest BCUT2D eigenvalue weighted by atomic mass is 10.1. The molecule has 0 saturated carbocycles. The molecule has 0 aliphatic carbocycles. The molecule has 1 saturated heterocycles. The lowest BCUT2D eigenvalue weighted by Crippen LogP contribution is -2.41. The van der Waals surface area contributed by atoms with Crippen LogP contribution in [0.15, 0.2) is 12.1 Å². The van der Waals surface area contributed by atoms with Gasteiger partial charge in [0, 0.05) is 25.1 Å². The molecule has 8 heteroatoms. The Morgan fingerprint density at radius 2 is 2.33 bits per heavy atom. The van der Waals surface area contributed by atoms with Gasteiger partial charge in [-0.3, -0.25) is 14.9 Å². The van der Waals surface area contributed by atoms with Crippen molar-refractivity contribution in [2.45, 2.75) is 25.8 Å². The first-order valence-corrected chi connectivity index (χ1v) is 7.43. The monoisotopic (exact) mass is 306 g/mol. The van der Waals surface area contributed by atoms with E-state index in [1.54, 1.807) is 12.1 Å². The molecule has 3 rings (SSSR count). The van der Waals surface area contributed by atoms with E-state index in [4.69, 9.17) is 0 Å². The minimum atomic E-state index is -0.391. The van der Waals surface area contributed by atoms with Crippen LogP contribution >= 0.6 is 11.3 Å². The summed E-state index contributed by atoms with van der Waals surface area (Å²) in [5.74, 6) is 0.0214. The van der Waals surface area contributed by atoms with Crippen LogP contribution < -0.4 is 10.6 Å². The van der Waals surface area contributed by atoms with Gasteiger partial charge >= 0.3 is 0 Å². The van der Waals surface area contributed by atoms with E-state index in [-0.39, 0.29) is 17.6 Å². The fourth-order valence-electron chi connectivity index (χ4n) is 2.42. The molecule has 2 heterocycles. The second-order valence-corrected chi connectivity index (χ2v) is 6.25. The van der Waals surface area contributed by atoms with Gasteiger partial charge in [0.15, 0.2) is 0 Å². The maximum absolute atomic E-state index is 11.2. The Morgan fingerprint density at radius 1 is 1.52 bits per heavy atom. The van der Waals surface area contributed by atoms with Crippen molar-refractivity contribution in [2.24, 2.45) is 0 Å². The van der Waals surface area contributed by atoms with Gasteiger partial charge in [0.1, 0.15) is 5.69 Å². The molecule has 0 bridgehead atoms. The average molecular weight is 306 g/mol. The predicted octanol–water partition coefficient (Wildman–Crippen LogP) is 2.20. The molecule has 1 amide bonds. The first kappa shape index (κ1) is 13.7. The summed E-state index contributed by atoms with van der Waals surface area (Å²) in [5.41, 5.74) is 1.26. The van der Waals surface area contributed by atoms with Crippen molar-refractivity contribution in [3.63, 3.8) is 0 Å². The second-order valence-electron chi connectivity index (χ2n) is 5.01. The summed E-state index contributed by atoms with van der Waals surface area (Å²) in [5, 5.41) is 18.0. The first-order valence-electron chi connectivity index (χ1n) is 6.62. The fraction of sp³-hybridized carbons (Fsp3) is 0.385. The van der Waals surface area contributed by atoms with Gasteiger partial charge in [-0.25, -0.2) is 4.98 Å². The predicted molar refractivity (Wildman–Crippen MR) is 80.7 cm³/mol. The third kappa shape index (κ3) is 2.80. The third-order valence-electron chi connectivity index (χ3n) is 3.43. The van der Waals surface area contributed by atoms with Crippen LogP contribution in [0, 0.1) is 17.0 Å². The highest BCUT2D eigenvalue weighted by Crippen LogP contribution is 2.33. The van der Waals surface area contributed by atoms with Gasteiger partial charge in [-0.15, -0.1) is 11.3 Å². The summed E-state index contributed by atoms with van der Waals surface area (Å²) in [4.78, 5) is 26.4. The molecule has 0 radical (unpaired) electrons. The quantitative estimate of drug-likeness (QED) is 0.669. The van der Waals surface area contributed by atoms with Gasteiger partial charge in [-0.05, 0) is 19.4 Å². The number of nitro benzene ring substituents is 1. The number of carbonyl (C=O) groups excluding carboxylic acids is 1. The van der Waals surface area contributed by atoms with Crippen molar-refractivity contribution >= 4 is 38.8 Å². The molecular weight excluding hydrogens is 292 g/mol. The van der Waals surface area contributed by atoms with E-state index < -0.39 is 4.92 Å². The standard InChI is InChI=1S/C13H14N4O3S/c1-7-15-10-4-9(11(17(19)20)5-12(10)21-7)16-8-2-3-13(18)14-6-8/h4-5,8,16H,2-3,6H2,1H3,(H,14,18). The third-order valence-corrected chi connectivity index (χ3v) is 4.37. The zero-order valence-corrected chi connectivity index (χ0v) is 12.2. The zero-order chi connectivity index (χ0) is 15.0. The molecule has 21 heavy (non-hydrogen) atoms. The Morgan fingerprint density at radius 3 is 3.00 bits per heavy atom. The summed E-state index contributed by atoms with van der Waals surface area (Å²) in [6.45, 7) is 2.35. The molecule has 1 aliphatic rings. The minimum Gasteiger partial charge on any atom is -0.375 e. The molecule has 1 fully saturated rings. The summed E-state index contributed by atoms with van der Waals surface area (Å²) in [6, 6.07) is 3.27. The number of thiazole rings is 1. The van der Waals surface area contributed by atoms with Gasteiger partial charge < -0.3 is 10.6 Å². The number of amides is 1. The van der Waals surface area contributed by atoms with Crippen LogP contribution in [0.1, 0.15) is 17.8 Å². The number of nitrogens with zero attached hydrogens (tertiary/aromatic N) is 2. The molecule has 1 unspecified atom stereocenters. The van der Waals surface area contributed by atoms with Gasteiger partial charge in [0.2, 0.25) is 5.91 Å². The molecular formula is C13H14N4O3S. The topological polar surface area (TPSA) is 97.2 Å². The lowest BCUT2D eigenvalue weighted by molar-refractivity contribution is -0.383. The van der Waals surface area contributed by atoms with Gasteiger partial charge in [0.25, 0.3) is 5.69 Å². The van der Waals surface area contributed by atoms with Crippen LogP contribution in [0.3, 0.4) is 0 Å². The second kappa shape index (κ2) is 5.28. The number of aromatic nitrogens is 1. The van der Waals surface area contributed by atoms with Crippen LogP contribution in [0.25, 0.3) is 10.2 Å². The number of carbonyl (C=O) groups is 1. The number of fused-ring (bicyclic) bond motifs is 1. The van der Waals surface area contributed by atoms with Crippen LogP contribution in [-0.4, -0.2) is 28.4 Å². The van der Waals surface area contributed by atoms with Crippen molar-refractivity contribution in [1.82, 2.24) is 10.3 Å². The van der Waals surface area contributed by atoms with Crippen molar-refractivity contribution in [3.05, 3.63) is 27.3 Å². The highest BCUT2D eigenvalue weighted by molar-refractivity contribution is 7.18. The molecule has 7 nitrogen and oxygen atoms in total. The first-order chi connectivity index (χ1) is 10.0. The Kier molecular flexibility index (Phi) is 3.46. The maximum Gasteiger partial charge on any atom is 0.293 e. The molecule has 1 aliphatic heterocycles. The van der Waals surface area contributed by atoms with E-state index in [2.05, 4.69) is 15.6 Å². The zero-order valence-electron chi connectivity index (χ0n) is 11.4. The van der Waals surface area contributed by atoms with Gasteiger partial charge in [0.05, 0.1) is 20.1 Å². The Balaban J connectivity index is 1.93. The highest BCUT2D eigenvalue weighted by atomic mass is 32.1. The number of hydrogen-bond acceptors (Lipinski definition) is 6. The van der Waals surface area contributed by atoms with Crippen LogP contribution in [0.2, 0.25) is 0 Å². The van der Waals surface area contributed by atoms with E-state index in [1.807, 2.05) is 6.92 Å². The Labute approximate surface area is 124 Å². The number of piperidine rings is 1. The Bertz CT molecular complexity index is 718. The largest absolute Gasteiger partial charge is 0.375 e. The smallest absolute Gasteiger partial charge is 0.293 e. The molecule has 2 aromatic rings. The molecule has 1 atom stereocenters. The Hall–Kier alpha value is -2.22. The van der Waals surface area contributed by atoms with Gasteiger partial charge in [-0.1, -0.05) is 0 Å². The van der Waals surface area contributed by atoms with E-state index in [9.17, 15) is 14.9 Å². The van der Waals surface area contributed by atoms with Crippen molar-refractivity contribution < 1.29 is 9.72 Å². The number of aryl methyl sites for hydroxylation is 1. The van der Waals surface area contributed by atoms with Crippen LogP contribution in [-0.2, 0) is 4.79 Å². The maximum atomic E-state index is 11.2. The number of rotatable bonds is 3. The average Bonchev–Trinajstić information content (AvgIpc) is 2.79. The summed E-state index contributed by atoms with van der Waals surface area (Å²) in [7, 11) is 0. The van der Waals surface area contributed by atoms with Crippen molar-refractivity contribution in [2.75, 3.05) is 11.9 Å². The number of nitro groups is 1. The number of nitrogens with one attached hydrogen (secondary N) is 2. The summed E-state index contributed by atoms with van der Waals surface area (Å²) in [6.07, 6.45) is 1.10. The molecule has 2 N–H and O–H groups in total. The van der Waals surface area contributed by atoms with Gasteiger partial charge in [-0.2, -0.15) is 0 Å². The minimum absolute atomic E-state index is 0.00131. The van der Waals surface area contributed by atoms with E-state index in [1.165, 1.54) is 11.3 Å². The van der Waals surface area contributed by atoms with Crippen LogP contribution in [0.4, 0.5) is 11.4 Å². The molecule has 110 valence electrons. The molecule has 0 spiro atoms. The SMILES string of the molecule is Cc1nc2cc(NC3CCC(=O)NC3)c([N+](=O)[O-])cc2s1. The number of anilines is 1. The number of hydrogen-bond donors (Lipinski definition) is 2. The lowest BCUT2D eigenvalue weighted by Gasteiger charge is -2.24. The van der Waals surface area contributed by atoms with Crippen LogP contribution in [0.5, 0.6) is 0 Å². The summed E-state index contributed by atoms with van der Waals surface area (Å²) < 4.78 is 0.807. The highest BCUT2D eigenvalue weighted by Gasteiger charge is 2.22. The van der Waals surface area contributed by atoms with E-state index >= 15 is 0 Å². The normalized spacial score (nSPS) is 18.5. The fourth-order valence-corrected chi connectivity index (χ4v) is 3.26. The number of benzene rings is 1. The molecule has 1 aromatic heterocycles. The van der Waals surface area contributed by atoms with E-state index in [0.29, 0.717) is 25.1 Å². The van der Waals surface area contributed by atoms with Crippen molar-refractivity contribution in [1.29, 1.82) is 0 Å².